The lowest BCUT2D eigenvalue weighted by Gasteiger charge is -2.06. The van der Waals surface area contributed by atoms with Crippen LogP contribution in [0.15, 0.2) is 64.0 Å². The van der Waals surface area contributed by atoms with E-state index < -0.39 is 21.5 Å². The van der Waals surface area contributed by atoms with E-state index in [0.717, 1.165) is 4.47 Å². The van der Waals surface area contributed by atoms with E-state index in [2.05, 4.69) is 21.2 Å². The summed E-state index contributed by atoms with van der Waals surface area (Å²) in [4.78, 5) is 12.0. The molecule has 1 N–H and O–H groups in total. The molecule has 0 saturated carbocycles. The summed E-state index contributed by atoms with van der Waals surface area (Å²) in [6.07, 6.45) is 0. The minimum absolute atomic E-state index is 0.143. The summed E-state index contributed by atoms with van der Waals surface area (Å²) in [6, 6.07) is 14.9. The topological polar surface area (TPSA) is 63.2 Å². The second kappa shape index (κ2) is 6.19. The van der Waals surface area contributed by atoms with E-state index in [-0.39, 0.29) is 4.90 Å². The van der Waals surface area contributed by atoms with Gasteiger partial charge in [0.15, 0.2) is 9.84 Å². The van der Waals surface area contributed by atoms with Gasteiger partial charge in [-0.2, -0.15) is 0 Å². The van der Waals surface area contributed by atoms with E-state index in [1.54, 1.807) is 36.4 Å². The zero-order valence-electron chi connectivity index (χ0n) is 10.4. The van der Waals surface area contributed by atoms with E-state index in [0.29, 0.717) is 5.69 Å². The maximum Gasteiger partial charge on any atom is 0.239 e. The number of benzene rings is 2. The molecule has 6 heteroatoms. The predicted molar refractivity (Wildman–Crippen MR) is 81.3 cm³/mol. The highest BCUT2D eigenvalue weighted by atomic mass is 79.9. The summed E-state index contributed by atoms with van der Waals surface area (Å²) < 4.78 is 24.9. The Bertz CT molecular complexity index is 714. The average molecular weight is 354 g/mol. The molecule has 0 atom stereocenters. The molecule has 0 aliphatic carbocycles. The molecule has 0 radical (unpaired) electrons. The summed E-state index contributed by atoms with van der Waals surface area (Å²) in [7, 11) is -3.61. The number of anilines is 1. The van der Waals surface area contributed by atoms with E-state index >= 15 is 0 Å². The fraction of sp³-hybridized carbons (Fsp3) is 0.0714. The van der Waals surface area contributed by atoms with Crippen LogP contribution in [0.1, 0.15) is 0 Å². The van der Waals surface area contributed by atoms with Crippen molar-refractivity contribution in [3.05, 3.63) is 59.1 Å². The Hall–Kier alpha value is -1.66. The van der Waals surface area contributed by atoms with Crippen molar-refractivity contribution >= 4 is 37.4 Å². The van der Waals surface area contributed by atoms with Gasteiger partial charge < -0.3 is 5.32 Å². The van der Waals surface area contributed by atoms with Crippen LogP contribution in [0, 0.1) is 0 Å². The van der Waals surface area contributed by atoms with Gasteiger partial charge >= 0.3 is 0 Å². The van der Waals surface area contributed by atoms with E-state index in [1.807, 2.05) is 6.07 Å². The molecular weight excluding hydrogens is 342 g/mol. The molecule has 0 fully saturated rings. The third-order valence-corrected chi connectivity index (χ3v) is 4.66. The molecule has 2 rings (SSSR count). The lowest BCUT2D eigenvalue weighted by Crippen LogP contribution is -2.22. The summed E-state index contributed by atoms with van der Waals surface area (Å²) >= 11 is 3.28. The molecule has 4 nitrogen and oxygen atoms in total. The van der Waals surface area contributed by atoms with Gasteiger partial charge in [0, 0.05) is 10.2 Å². The van der Waals surface area contributed by atoms with Gasteiger partial charge in [-0.3, -0.25) is 4.79 Å². The van der Waals surface area contributed by atoms with Gasteiger partial charge in [-0.1, -0.05) is 40.2 Å². The molecule has 104 valence electrons. The van der Waals surface area contributed by atoms with Crippen LogP contribution in [0.5, 0.6) is 0 Å². The first kappa shape index (κ1) is 14.7. The highest BCUT2D eigenvalue weighted by Crippen LogP contribution is 2.16. The lowest BCUT2D eigenvalue weighted by atomic mass is 10.3. The first-order valence-electron chi connectivity index (χ1n) is 5.80. The zero-order valence-corrected chi connectivity index (χ0v) is 12.8. The second-order valence-electron chi connectivity index (χ2n) is 4.13. The number of sulfone groups is 1. The summed E-state index contributed by atoms with van der Waals surface area (Å²) in [5.74, 6) is -1.14. The van der Waals surface area contributed by atoms with Crippen molar-refractivity contribution in [1.29, 1.82) is 0 Å². The fourth-order valence-electron chi connectivity index (χ4n) is 1.65. The second-order valence-corrected chi connectivity index (χ2v) is 7.04. The lowest BCUT2D eigenvalue weighted by molar-refractivity contribution is -0.113. The largest absolute Gasteiger partial charge is 0.325 e. The maximum atomic E-state index is 12.0. The zero-order chi connectivity index (χ0) is 14.6. The molecule has 0 saturated heterocycles. The molecule has 0 aliphatic rings. The van der Waals surface area contributed by atoms with Gasteiger partial charge in [-0.15, -0.1) is 0 Å². The van der Waals surface area contributed by atoms with Crippen molar-refractivity contribution in [2.75, 3.05) is 11.1 Å². The Morgan fingerprint density at radius 2 is 1.75 bits per heavy atom. The molecule has 0 bridgehead atoms. The van der Waals surface area contributed by atoms with Crippen LogP contribution in [0.25, 0.3) is 0 Å². The van der Waals surface area contributed by atoms with Crippen molar-refractivity contribution < 1.29 is 13.2 Å². The fourth-order valence-corrected chi connectivity index (χ4v) is 3.20. The summed E-state index contributed by atoms with van der Waals surface area (Å²) in [5.41, 5.74) is 0.549. The molecule has 2 aromatic rings. The van der Waals surface area contributed by atoms with Crippen molar-refractivity contribution in [1.82, 2.24) is 0 Å². The van der Waals surface area contributed by atoms with Crippen LogP contribution in [-0.2, 0) is 14.6 Å². The highest BCUT2D eigenvalue weighted by molar-refractivity contribution is 9.10. The number of carbonyl (C=O) groups excluding carboxylic acids is 1. The van der Waals surface area contributed by atoms with Crippen LogP contribution in [0.4, 0.5) is 5.69 Å². The monoisotopic (exact) mass is 353 g/mol. The highest BCUT2D eigenvalue weighted by Gasteiger charge is 2.18. The first-order chi connectivity index (χ1) is 9.47. The van der Waals surface area contributed by atoms with Gasteiger partial charge in [0.25, 0.3) is 0 Å². The van der Waals surface area contributed by atoms with Crippen molar-refractivity contribution in [3.8, 4) is 0 Å². The molecule has 0 aromatic heterocycles. The van der Waals surface area contributed by atoms with Crippen LogP contribution < -0.4 is 5.32 Å². The molecule has 2 aromatic carbocycles. The minimum Gasteiger partial charge on any atom is -0.325 e. The summed E-state index contributed by atoms with van der Waals surface area (Å²) in [6.45, 7) is 0. The molecule has 0 spiro atoms. The van der Waals surface area contributed by atoms with Gasteiger partial charge in [-0.05, 0) is 30.3 Å². The van der Waals surface area contributed by atoms with Crippen LogP contribution >= 0.6 is 15.9 Å². The Morgan fingerprint density at radius 1 is 1.05 bits per heavy atom. The molecule has 0 aliphatic heterocycles. The summed E-state index contributed by atoms with van der Waals surface area (Å²) in [5, 5.41) is 2.56. The quantitative estimate of drug-likeness (QED) is 0.918. The third-order valence-electron chi connectivity index (χ3n) is 2.53. The third kappa shape index (κ3) is 3.91. The van der Waals surface area contributed by atoms with E-state index in [1.165, 1.54) is 12.1 Å². The molecule has 1 amide bonds. The molecular formula is C14H12BrNO3S. The molecule has 0 heterocycles. The SMILES string of the molecule is O=C(CS(=O)(=O)c1ccccc1)Nc1cccc(Br)c1. The Labute approximate surface area is 125 Å². The molecule has 0 unspecified atom stereocenters. The van der Waals surface area contributed by atoms with Crippen molar-refractivity contribution in [2.45, 2.75) is 4.90 Å². The van der Waals surface area contributed by atoms with E-state index in [4.69, 9.17) is 0 Å². The van der Waals surface area contributed by atoms with Crippen LogP contribution in [0.3, 0.4) is 0 Å². The van der Waals surface area contributed by atoms with Gasteiger partial charge in [0.1, 0.15) is 5.75 Å². The standard InChI is InChI=1S/C14H12BrNO3S/c15-11-5-4-6-12(9-11)16-14(17)10-20(18,19)13-7-2-1-3-8-13/h1-9H,10H2,(H,16,17). The predicted octanol–water partition coefficient (Wildman–Crippen LogP) is 2.86. The van der Waals surface area contributed by atoms with Crippen LogP contribution in [0.2, 0.25) is 0 Å². The number of amides is 1. The number of hydrogen-bond acceptors (Lipinski definition) is 3. The minimum atomic E-state index is -3.61. The normalized spacial score (nSPS) is 11.1. The van der Waals surface area contributed by atoms with Gasteiger partial charge in [-0.25, -0.2) is 8.42 Å². The van der Waals surface area contributed by atoms with Crippen molar-refractivity contribution in [3.63, 3.8) is 0 Å². The van der Waals surface area contributed by atoms with E-state index in [9.17, 15) is 13.2 Å². The maximum absolute atomic E-state index is 12.0. The number of rotatable bonds is 4. The Balaban J connectivity index is 2.09. The Morgan fingerprint density at radius 3 is 2.40 bits per heavy atom. The molecule has 20 heavy (non-hydrogen) atoms. The smallest absolute Gasteiger partial charge is 0.239 e. The Kier molecular flexibility index (Phi) is 4.57. The number of halogens is 1. The number of carbonyl (C=O) groups is 1. The van der Waals surface area contributed by atoms with Gasteiger partial charge in [0.05, 0.1) is 4.90 Å². The first-order valence-corrected chi connectivity index (χ1v) is 8.25. The average Bonchev–Trinajstić information content (AvgIpc) is 2.39. The number of hydrogen-bond donors (Lipinski definition) is 1. The van der Waals surface area contributed by atoms with Gasteiger partial charge in [0.2, 0.25) is 5.91 Å². The van der Waals surface area contributed by atoms with Crippen LogP contribution in [-0.4, -0.2) is 20.1 Å². The van der Waals surface area contributed by atoms with Crippen molar-refractivity contribution in [2.24, 2.45) is 0 Å². The number of nitrogens with one attached hydrogen (secondary N) is 1.